The fraction of sp³-hybridized carbons (Fsp3) is 0.214. The van der Waals surface area contributed by atoms with Gasteiger partial charge in [0.15, 0.2) is 0 Å². The van der Waals surface area contributed by atoms with Crippen molar-refractivity contribution in [3.05, 3.63) is 54.6 Å². The Hall–Kier alpha value is -1.83. The van der Waals surface area contributed by atoms with Gasteiger partial charge in [-0.25, -0.2) is 0 Å². The van der Waals surface area contributed by atoms with Gasteiger partial charge in [-0.15, -0.1) is 0 Å². The summed E-state index contributed by atoms with van der Waals surface area (Å²) in [6.07, 6.45) is 4.98. The first-order chi connectivity index (χ1) is 7.76. The smallest absolute Gasteiger partial charge is 0.224 e. The summed E-state index contributed by atoms with van der Waals surface area (Å²) >= 11 is 0. The molecule has 0 radical (unpaired) electrons. The molecule has 0 saturated heterocycles. The van der Waals surface area contributed by atoms with Crippen LogP contribution < -0.4 is 5.32 Å². The minimum atomic E-state index is 0.0346. The number of hydrogen-bond acceptors (Lipinski definition) is 1. The van der Waals surface area contributed by atoms with Crippen LogP contribution in [0.5, 0.6) is 0 Å². The van der Waals surface area contributed by atoms with Gasteiger partial charge in [0, 0.05) is 12.1 Å². The maximum absolute atomic E-state index is 11.6. The minimum absolute atomic E-state index is 0.0346. The average molecular weight is 215 g/mol. The van der Waals surface area contributed by atoms with Crippen molar-refractivity contribution in [1.29, 1.82) is 0 Å². The summed E-state index contributed by atoms with van der Waals surface area (Å²) in [5, 5.41) is 2.84. The molecule has 2 nitrogen and oxygen atoms in total. The molecule has 0 unspecified atom stereocenters. The summed E-state index contributed by atoms with van der Waals surface area (Å²) < 4.78 is 0. The summed E-state index contributed by atoms with van der Waals surface area (Å²) in [7, 11) is 0. The van der Waals surface area contributed by atoms with Crippen LogP contribution in [0.15, 0.2) is 54.6 Å². The number of rotatable bonds is 5. The molecular formula is C14H17NO. The van der Waals surface area contributed by atoms with Crippen molar-refractivity contribution in [2.45, 2.75) is 19.8 Å². The maximum atomic E-state index is 11.6. The molecule has 1 rings (SSSR count). The van der Waals surface area contributed by atoms with Crippen LogP contribution in [0.3, 0.4) is 0 Å². The molecule has 0 fully saturated rings. The van der Waals surface area contributed by atoms with E-state index in [1.54, 1.807) is 6.08 Å². The minimum Gasteiger partial charge on any atom is -0.326 e. The van der Waals surface area contributed by atoms with Crippen LogP contribution in [0, 0.1) is 0 Å². The van der Waals surface area contributed by atoms with Crippen LogP contribution in [0.2, 0.25) is 0 Å². The van der Waals surface area contributed by atoms with Crippen LogP contribution >= 0.6 is 0 Å². The number of hydrogen-bond donors (Lipinski definition) is 1. The van der Waals surface area contributed by atoms with Crippen molar-refractivity contribution >= 4 is 11.6 Å². The quantitative estimate of drug-likeness (QED) is 0.748. The normalized spacial score (nSPS) is 10.9. The van der Waals surface area contributed by atoms with Gasteiger partial charge >= 0.3 is 0 Å². The van der Waals surface area contributed by atoms with Crippen molar-refractivity contribution in [1.82, 2.24) is 0 Å². The molecule has 0 aliphatic carbocycles. The lowest BCUT2D eigenvalue weighted by molar-refractivity contribution is -0.116. The molecule has 84 valence electrons. The Kier molecular flexibility index (Phi) is 5.06. The van der Waals surface area contributed by atoms with Crippen LogP contribution in [-0.4, -0.2) is 5.91 Å². The molecule has 0 spiro atoms. The second kappa shape index (κ2) is 6.62. The third kappa shape index (κ3) is 4.13. The standard InChI is InChI=1S/C14H17NO/c1-3-12(4-2)10-11-14(16)15-13-8-6-5-7-9-13/h3-9H,1,10-11H2,2H3,(H,15,16)/b12-4+. The average Bonchev–Trinajstić information content (AvgIpc) is 2.31. The van der Waals surface area contributed by atoms with Crippen molar-refractivity contribution < 1.29 is 4.79 Å². The zero-order valence-corrected chi connectivity index (χ0v) is 9.57. The largest absolute Gasteiger partial charge is 0.326 e. The van der Waals surface area contributed by atoms with Crippen molar-refractivity contribution in [3.63, 3.8) is 0 Å². The molecule has 0 aliphatic heterocycles. The first-order valence-electron chi connectivity index (χ1n) is 5.38. The fourth-order valence-electron chi connectivity index (χ4n) is 1.37. The Morgan fingerprint density at radius 2 is 2.00 bits per heavy atom. The summed E-state index contributed by atoms with van der Waals surface area (Å²) in [6, 6.07) is 9.47. The Labute approximate surface area is 96.7 Å². The first-order valence-corrected chi connectivity index (χ1v) is 5.38. The molecule has 2 heteroatoms. The van der Waals surface area contributed by atoms with E-state index in [1.807, 2.05) is 43.3 Å². The highest BCUT2D eigenvalue weighted by Gasteiger charge is 2.02. The topological polar surface area (TPSA) is 29.1 Å². The van der Waals surface area contributed by atoms with Gasteiger partial charge in [0.2, 0.25) is 5.91 Å². The lowest BCUT2D eigenvalue weighted by Gasteiger charge is -2.05. The van der Waals surface area contributed by atoms with Crippen molar-refractivity contribution in [3.8, 4) is 0 Å². The monoisotopic (exact) mass is 215 g/mol. The van der Waals surface area contributed by atoms with Gasteiger partial charge in [0.05, 0.1) is 0 Å². The molecule has 16 heavy (non-hydrogen) atoms. The van der Waals surface area contributed by atoms with Gasteiger partial charge in [0.25, 0.3) is 0 Å². The number of amides is 1. The zero-order chi connectivity index (χ0) is 11.8. The number of carbonyl (C=O) groups excluding carboxylic acids is 1. The summed E-state index contributed by atoms with van der Waals surface area (Å²) in [5.41, 5.74) is 1.94. The predicted molar refractivity (Wildman–Crippen MR) is 68.3 cm³/mol. The van der Waals surface area contributed by atoms with Gasteiger partial charge in [-0.2, -0.15) is 0 Å². The molecule has 1 N–H and O–H groups in total. The Balaban J connectivity index is 2.40. The van der Waals surface area contributed by atoms with Crippen molar-refractivity contribution in [2.24, 2.45) is 0 Å². The highest BCUT2D eigenvalue weighted by atomic mass is 16.1. The molecule has 0 saturated carbocycles. The van der Waals surface area contributed by atoms with Gasteiger partial charge in [0.1, 0.15) is 0 Å². The molecule has 0 bridgehead atoms. The number of benzene rings is 1. The summed E-state index contributed by atoms with van der Waals surface area (Å²) in [4.78, 5) is 11.6. The molecule has 1 amide bonds. The van der Waals surface area contributed by atoms with E-state index in [9.17, 15) is 4.79 Å². The van der Waals surface area contributed by atoms with Crippen LogP contribution in [0.1, 0.15) is 19.8 Å². The Morgan fingerprint density at radius 1 is 1.31 bits per heavy atom. The summed E-state index contributed by atoms with van der Waals surface area (Å²) in [6.45, 7) is 5.64. The van der Waals surface area contributed by atoms with E-state index >= 15 is 0 Å². The third-order valence-corrected chi connectivity index (χ3v) is 2.33. The van der Waals surface area contributed by atoms with Gasteiger partial charge in [-0.05, 0) is 25.5 Å². The highest BCUT2D eigenvalue weighted by molar-refractivity contribution is 5.90. The van der Waals surface area contributed by atoms with E-state index in [0.29, 0.717) is 6.42 Å². The number of nitrogens with one attached hydrogen (secondary N) is 1. The Morgan fingerprint density at radius 3 is 2.56 bits per heavy atom. The summed E-state index contributed by atoms with van der Waals surface area (Å²) in [5.74, 6) is 0.0346. The van der Waals surface area contributed by atoms with Crippen LogP contribution in [0.25, 0.3) is 0 Å². The number of para-hydroxylation sites is 1. The van der Waals surface area contributed by atoms with Crippen molar-refractivity contribution in [2.75, 3.05) is 5.32 Å². The van der Waals surface area contributed by atoms with E-state index in [-0.39, 0.29) is 5.91 Å². The lowest BCUT2D eigenvalue weighted by Crippen LogP contribution is -2.11. The number of anilines is 1. The predicted octanol–water partition coefficient (Wildman–Crippen LogP) is 3.54. The molecular weight excluding hydrogens is 198 g/mol. The van der Waals surface area contributed by atoms with E-state index in [4.69, 9.17) is 0 Å². The highest BCUT2D eigenvalue weighted by Crippen LogP contribution is 2.09. The molecule has 1 aromatic carbocycles. The van der Waals surface area contributed by atoms with E-state index in [2.05, 4.69) is 11.9 Å². The Bertz CT molecular complexity index is 379. The van der Waals surface area contributed by atoms with E-state index < -0.39 is 0 Å². The molecule has 1 aromatic rings. The zero-order valence-electron chi connectivity index (χ0n) is 9.57. The first kappa shape index (κ1) is 12.2. The van der Waals surface area contributed by atoms with E-state index in [1.165, 1.54) is 0 Å². The molecule has 0 atom stereocenters. The fourth-order valence-corrected chi connectivity index (χ4v) is 1.37. The number of allylic oxidation sites excluding steroid dienone is 3. The van der Waals surface area contributed by atoms with Crippen LogP contribution in [-0.2, 0) is 4.79 Å². The second-order valence-electron chi connectivity index (χ2n) is 3.48. The maximum Gasteiger partial charge on any atom is 0.224 e. The van der Waals surface area contributed by atoms with Crippen LogP contribution in [0.4, 0.5) is 5.69 Å². The third-order valence-electron chi connectivity index (χ3n) is 2.33. The molecule has 0 aliphatic rings. The van der Waals surface area contributed by atoms with E-state index in [0.717, 1.165) is 17.7 Å². The second-order valence-corrected chi connectivity index (χ2v) is 3.48. The molecule has 0 heterocycles. The molecule has 0 aromatic heterocycles. The SMILES string of the molecule is C=C/C(=C\C)CCC(=O)Nc1ccccc1. The van der Waals surface area contributed by atoms with Gasteiger partial charge in [-0.3, -0.25) is 4.79 Å². The van der Waals surface area contributed by atoms with Gasteiger partial charge in [-0.1, -0.05) is 42.5 Å². The lowest BCUT2D eigenvalue weighted by atomic mass is 10.1. The van der Waals surface area contributed by atoms with Gasteiger partial charge < -0.3 is 5.32 Å². The number of carbonyl (C=O) groups is 1.